The molecule has 1 rings (SSSR count). The summed E-state index contributed by atoms with van der Waals surface area (Å²) >= 11 is 0. The molecule has 0 spiro atoms. The van der Waals surface area contributed by atoms with Crippen molar-refractivity contribution < 1.29 is 14.7 Å². The number of nitrogens with one attached hydrogen (secondary N) is 1. The van der Waals surface area contributed by atoms with Crippen LogP contribution in [0.1, 0.15) is 45.4 Å². The van der Waals surface area contributed by atoms with Crippen molar-refractivity contribution in [3.8, 4) is 6.07 Å². The van der Waals surface area contributed by atoms with Crippen LogP contribution in [0.4, 0.5) is 4.79 Å². The first kappa shape index (κ1) is 17.3. The molecule has 6 heteroatoms. The Kier molecular flexibility index (Phi) is 6.47. The van der Waals surface area contributed by atoms with Crippen LogP contribution in [0, 0.1) is 22.7 Å². The average Bonchev–Trinajstić information content (AvgIpc) is 2.44. The number of nitriles is 1. The number of rotatable bonds is 6. The van der Waals surface area contributed by atoms with E-state index in [0.29, 0.717) is 13.1 Å². The van der Waals surface area contributed by atoms with Crippen molar-refractivity contribution in [3.05, 3.63) is 0 Å². The van der Waals surface area contributed by atoms with Crippen molar-refractivity contribution in [2.75, 3.05) is 20.1 Å². The first-order valence-corrected chi connectivity index (χ1v) is 7.49. The van der Waals surface area contributed by atoms with Crippen molar-refractivity contribution in [1.29, 1.82) is 5.26 Å². The van der Waals surface area contributed by atoms with Crippen LogP contribution in [-0.4, -0.2) is 42.1 Å². The van der Waals surface area contributed by atoms with Gasteiger partial charge in [-0.05, 0) is 25.2 Å². The van der Waals surface area contributed by atoms with Crippen LogP contribution in [0.2, 0.25) is 0 Å². The third-order valence-corrected chi connectivity index (χ3v) is 4.17. The van der Waals surface area contributed by atoms with Gasteiger partial charge in [0.25, 0.3) is 0 Å². The molecule has 1 aliphatic carbocycles. The van der Waals surface area contributed by atoms with Crippen LogP contribution in [-0.2, 0) is 4.79 Å². The number of urea groups is 1. The van der Waals surface area contributed by atoms with Gasteiger partial charge in [0, 0.05) is 20.1 Å². The van der Waals surface area contributed by atoms with Gasteiger partial charge in [-0.15, -0.1) is 0 Å². The second-order valence-electron chi connectivity index (χ2n) is 6.20. The van der Waals surface area contributed by atoms with Crippen LogP contribution in [0.5, 0.6) is 0 Å². The van der Waals surface area contributed by atoms with Crippen molar-refractivity contribution >= 4 is 12.0 Å². The summed E-state index contributed by atoms with van der Waals surface area (Å²) < 4.78 is 0. The molecular weight excluding hydrogens is 270 g/mol. The second kappa shape index (κ2) is 7.87. The van der Waals surface area contributed by atoms with Crippen LogP contribution in [0.3, 0.4) is 0 Å². The molecule has 0 bridgehead atoms. The van der Waals surface area contributed by atoms with E-state index in [1.54, 1.807) is 14.0 Å². The fraction of sp³-hybridized carbons (Fsp3) is 0.800. The molecular formula is C15H25N3O3. The molecule has 118 valence electrons. The topological polar surface area (TPSA) is 93.4 Å². The lowest BCUT2D eigenvalue weighted by molar-refractivity contribution is -0.140. The molecule has 1 atom stereocenters. The van der Waals surface area contributed by atoms with E-state index >= 15 is 0 Å². The Balaban J connectivity index is 2.54. The fourth-order valence-corrected chi connectivity index (χ4v) is 2.97. The molecule has 0 saturated heterocycles. The predicted octanol–water partition coefficient (Wildman–Crippen LogP) is 2.21. The molecule has 0 aromatic carbocycles. The first-order valence-electron chi connectivity index (χ1n) is 7.49. The Labute approximate surface area is 126 Å². The molecule has 0 aliphatic heterocycles. The Morgan fingerprint density at radius 2 is 2.00 bits per heavy atom. The number of nitrogens with zero attached hydrogens (tertiary/aromatic N) is 2. The summed E-state index contributed by atoms with van der Waals surface area (Å²) in [5, 5.41) is 20.7. The van der Waals surface area contributed by atoms with Gasteiger partial charge in [0.1, 0.15) is 0 Å². The van der Waals surface area contributed by atoms with Gasteiger partial charge < -0.3 is 15.3 Å². The van der Waals surface area contributed by atoms with Crippen molar-refractivity contribution in [2.24, 2.45) is 11.3 Å². The normalized spacial score (nSPS) is 18.3. The fourth-order valence-electron chi connectivity index (χ4n) is 2.97. The SMILES string of the molecule is CC(C#N)CN(C)C(=O)NCC1(CC(=O)O)CCCCC1. The molecule has 1 aliphatic rings. The first-order chi connectivity index (χ1) is 9.88. The molecule has 0 radical (unpaired) electrons. The lowest BCUT2D eigenvalue weighted by atomic mass is 9.72. The van der Waals surface area contributed by atoms with E-state index in [1.807, 2.05) is 0 Å². The molecule has 6 nitrogen and oxygen atoms in total. The molecule has 1 unspecified atom stereocenters. The third kappa shape index (κ3) is 5.62. The lowest BCUT2D eigenvalue weighted by Crippen LogP contribution is -2.45. The minimum absolute atomic E-state index is 0.103. The summed E-state index contributed by atoms with van der Waals surface area (Å²) in [7, 11) is 1.65. The van der Waals surface area contributed by atoms with Crippen molar-refractivity contribution in [3.63, 3.8) is 0 Å². The minimum atomic E-state index is -0.808. The number of hydrogen-bond donors (Lipinski definition) is 2. The summed E-state index contributed by atoms with van der Waals surface area (Å²) in [4.78, 5) is 24.6. The average molecular weight is 295 g/mol. The molecule has 0 aromatic heterocycles. The number of carboxylic acids is 1. The number of carbonyl (C=O) groups is 2. The Bertz CT molecular complexity index is 411. The molecule has 0 heterocycles. The summed E-state index contributed by atoms with van der Waals surface area (Å²) in [6, 6.07) is 1.85. The van der Waals surface area contributed by atoms with Gasteiger partial charge in [-0.1, -0.05) is 19.3 Å². The molecule has 21 heavy (non-hydrogen) atoms. The lowest BCUT2D eigenvalue weighted by Gasteiger charge is -2.36. The van der Waals surface area contributed by atoms with Crippen LogP contribution in [0.25, 0.3) is 0 Å². The maximum absolute atomic E-state index is 12.0. The largest absolute Gasteiger partial charge is 0.481 e. The number of hydrogen-bond acceptors (Lipinski definition) is 3. The molecule has 1 fully saturated rings. The van der Waals surface area contributed by atoms with E-state index < -0.39 is 5.97 Å². The number of aliphatic carboxylic acids is 1. The smallest absolute Gasteiger partial charge is 0.317 e. The second-order valence-corrected chi connectivity index (χ2v) is 6.20. The van der Waals surface area contributed by atoms with Crippen LogP contribution >= 0.6 is 0 Å². The van der Waals surface area contributed by atoms with Gasteiger partial charge >= 0.3 is 12.0 Å². The van der Waals surface area contributed by atoms with E-state index in [2.05, 4.69) is 11.4 Å². The van der Waals surface area contributed by atoms with Crippen LogP contribution in [0.15, 0.2) is 0 Å². The van der Waals surface area contributed by atoms with Gasteiger partial charge in [-0.25, -0.2) is 4.79 Å². The van der Waals surface area contributed by atoms with Crippen molar-refractivity contribution in [1.82, 2.24) is 10.2 Å². The quantitative estimate of drug-likeness (QED) is 0.785. The predicted molar refractivity (Wildman–Crippen MR) is 78.6 cm³/mol. The maximum Gasteiger partial charge on any atom is 0.317 e. The van der Waals surface area contributed by atoms with E-state index in [4.69, 9.17) is 10.4 Å². The summed E-state index contributed by atoms with van der Waals surface area (Å²) in [5.74, 6) is -1.03. The Hall–Kier alpha value is -1.77. The van der Waals surface area contributed by atoms with Gasteiger partial charge in [0.15, 0.2) is 0 Å². The number of carbonyl (C=O) groups excluding carboxylic acids is 1. The number of amides is 2. The van der Waals surface area contributed by atoms with E-state index in [-0.39, 0.29) is 23.8 Å². The highest BCUT2D eigenvalue weighted by molar-refractivity contribution is 5.74. The van der Waals surface area contributed by atoms with Gasteiger partial charge in [-0.2, -0.15) is 5.26 Å². The molecule has 2 N–H and O–H groups in total. The van der Waals surface area contributed by atoms with Crippen molar-refractivity contribution in [2.45, 2.75) is 45.4 Å². The van der Waals surface area contributed by atoms with Gasteiger partial charge in [-0.3, -0.25) is 4.79 Å². The zero-order valence-electron chi connectivity index (χ0n) is 12.9. The molecule has 0 aromatic rings. The van der Waals surface area contributed by atoms with Gasteiger partial charge in [0.05, 0.1) is 18.4 Å². The van der Waals surface area contributed by atoms with E-state index in [0.717, 1.165) is 32.1 Å². The Morgan fingerprint density at radius 3 is 2.52 bits per heavy atom. The number of carboxylic acid groups (broad SMARTS) is 1. The summed E-state index contributed by atoms with van der Waals surface area (Å²) in [6.07, 6.45) is 4.96. The standard InChI is InChI=1S/C15H25N3O3/c1-12(9-16)10-18(2)14(21)17-11-15(8-13(19)20)6-4-3-5-7-15/h12H,3-8,10-11H2,1-2H3,(H,17,21)(H,19,20). The highest BCUT2D eigenvalue weighted by atomic mass is 16.4. The Morgan fingerprint density at radius 1 is 1.38 bits per heavy atom. The van der Waals surface area contributed by atoms with E-state index in [9.17, 15) is 9.59 Å². The third-order valence-electron chi connectivity index (χ3n) is 4.17. The monoisotopic (exact) mass is 295 g/mol. The van der Waals surface area contributed by atoms with Gasteiger partial charge in [0.2, 0.25) is 0 Å². The minimum Gasteiger partial charge on any atom is -0.481 e. The van der Waals surface area contributed by atoms with E-state index in [1.165, 1.54) is 4.90 Å². The molecule has 1 saturated carbocycles. The zero-order chi connectivity index (χ0) is 15.9. The zero-order valence-corrected chi connectivity index (χ0v) is 12.9. The highest BCUT2D eigenvalue weighted by Gasteiger charge is 2.35. The summed E-state index contributed by atoms with van der Waals surface area (Å²) in [6.45, 7) is 2.52. The highest BCUT2D eigenvalue weighted by Crippen LogP contribution is 2.38. The maximum atomic E-state index is 12.0. The van der Waals surface area contributed by atoms with Crippen LogP contribution < -0.4 is 5.32 Å². The summed E-state index contributed by atoms with van der Waals surface area (Å²) in [5.41, 5.74) is -0.318. The molecule has 2 amide bonds.